The molecule has 0 saturated carbocycles. The van der Waals surface area contributed by atoms with Crippen LogP contribution in [-0.4, -0.2) is 63.9 Å². The maximum Gasteiger partial charge on any atom is 0.457 e. The normalized spacial score (nSPS) is 31.3. The second-order valence-corrected chi connectivity index (χ2v) is 7.91. The Kier molecular flexibility index (Phi) is 4.90. The molecule has 0 N–H and O–H groups in total. The van der Waals surface area contributed by atoms with E-state index in [1.807, 2.05) is 13.8 Å². The zero-order valence-corrected chi connectivity index (χ0v) is 17.4. The number of ether oxygens (including phenoxy) is 1. The third-order valence-corrected chi connectivity index (χ3v) is 6.09. The number of fused-ring (bicyclic) bond motifs is 2. The average molecular weight is 418 g/mol. The molecule has 0 radical (unpaired) electrons. The van der Waals surface area contributed by atoms with E-state index in [1.54, 1.807) is 11.6 Å². The predicted molar refractivity (Wildman–Crippen MR) is 107 cm³/mol. The van der Waals surface area contributed by atoms with Crippen LogP contribution in [0, 0.1) is 0 Å². The zero-order chi connectivity index (χ0) is 21.2. The van der Waals surface area contributed by atoms with Crippen molar-refractivity contribution in [3.05, 3.63) is 27.2 Å². The monoisotopic (exact) mass is 418 g/mol. The number of hydrogen-bond donors (Lipinski definition) is 0. The molecule has 0 spiro atoms. The summed E-state index contributed by atoms with van der Waals surface area (Å²) in [4.78, 5) is 29.3. The van der Waals surface area contributed by atoms with Crippen LogP contribution in [0.4, 0.5) is 0 Å². The third-order valence-electron chi connectivity index (χ3n) is 6.09. The quantitative estimate of drug-likeness (QED) is 0.615. The van der Waals surface area contributed by atoms with E-state index in [9.17, 15) is 9.59 Å². The summed E-state index contributed by atoms with van der Waals surface area (Å²) >= 11 is 0. The van der Waals surface area contributed by atoms with Crippen molar-refractivity contribution in [3.63, 3.8) is 0 Å². The number of imidazole rings is 1. The molecule has 3 fully saturated rings. The fourth-order valence-corrected chi connectivity index (χ4v) is 4.51. The third kappa shape index (κ3) is 2.83. The molecule has 5 atom stereocenters. The lowest BCUT2D eigenvalue weighted by Gasteiger charge is -2.23. The highest BCUT2D eigenvalue weighted by Gasteiger charge is 2.57. The topological polar surface area (TPSA) is 108 Å². The van der Waals surface area contributed by atoms with Crippen LogP contribution in [0.3, 0.4) is 0 Å². The first kappa shape index (κ1) is 20.0. The van der Waals surface area contributed by atoms with Crippen LogP contribution >= 0.6 is 0 Å². The van der Waals surface area contributed by atoms with E-state index in [2.05, 4.69) is 4.98 Å². The van der Waals surface area contributed by atoms with Crippen LogP contribution in [0.5, 0.6) is 0 Å². The van der Waals surface area contributed by atoms with Crippen LogP contribution in [0.15, 0.2) is 15.9 Å². The number of nitrogens with zero attached hydrogens (tertiary/aromatic N) is 4. The van der Waals surface area contributed by atoms with Gasteiger partial charge >= 0.3 is 19.9 Å². The van der Waals surface area contributed by atoms with Crippen molar-refractivity contribution < 1.29 is 23.4 Å². The lowest BCUT2D eigenvalue weighted by atomic mass is 9.86. The fraction of sp³-hybridized carbons (Fsp3) is 0.706. The van der Waals surface area contributed by atoms with Gasteiger partial charge in [0.15, 0.2) is 17.4 Å². The number of aryl methyl sites for hydroxylation is 1. The van der Waals surface area contributed by atoms with Gasteiger partial charge in [0, 0.05) is 14.1 Å². The summed E-state index contributed by atoms with van der Waals surface area (Å²) < 4.78 is 34.4. The first-order chi connectivity index (χ1) is 14.4. The van der Waals surface area contributed by atoms with Gasteiger partial charge in [0.05, 0.1) is 19.0 Å². The van der Waals surface area contributed by atoms with Crippen molar-refractivity contribution in [2.45, 2.75) is 57.1 Å². The van der Waals surface area contributed by atoms with Gasteiger partial charge in [0.25, 0.3) is 5.56 Å². The molecule has 13 heteroatoms. The van der Waals surface area contributed by atoms with E-state index >= 15 is 0 Å². The van der Waals surface area contributed by atoms with Crippen LogP contribution in [0.2, 0.25) is 12.6 Å². The standard InChI is InChI=1S/C17H24B2N4O7/c1-5-18-26-7-9(28-18)11-12-13(30-19(6-2)29-12)16(27-11)23-8-20-10-14(23)21(3)17(25)22(4)15(10)24/h8-9,11-13,16H,5-7H2,1-4H3. The van der Waals surface area contributed by atoms with E-state index in [0.29, 0.717) is 18.6 Å². The van der Waals surface area contributed by atoms with Gasteiger partial charge in [0.1, 0.15) is 18.3 Å². The number of hydrogen-bond acceptors (Lipinski definition) is 8. The molecule has 11 nitrogen and oxygen atoms in total. The molecule has 160 valence electrons. The Morgan fingerprint density at radius 1 is 1.03 bits per heavy atom. The van der Waals surface area contributed by atoms with Gasteiger partial charge in [-0.05, 0) is 12.6 Å². The van der Waals surface area contributed by atoms with E-state index in [0.717, 1.165) is 10.9 Å². The zero-order valence-electron chi connectivity index (χ0n) is 17.4. The first-order valence-electron chi connectivity index (χ1n) is 10.3. The molecule has 5 rings (SSSR count). The van der Waals surface area contributed by atoms with Crippen molar-refractivity contribution >= 4 is 25.4 Å². The van der Waals surface area contributed by atoms with Gasteiger partial charge in [-0.25, -0.2) is 9.78 Å². The second-order valence-electron chi connectivity index (χ2n) is 7.91. The first-order valence-corrected chi connectivity index (χ1v) is 10.3. The van der Waals surface area contributed by atoms with Crippen LogP contribution in [-0.2, 0) is 37.4 Å². The second kappa shape index (κ2) is 7.34. The average Bonchev–Trinajstić information content (AvgIpc) is 3.52. The highest BCUT2D eigenvalue weighted by atomic mass is 16.7. The summed E-state index contributed by atoms with van der Waals surface area (Å²) in [6.45, 7) is 4.39. The van der Waals surface area contributed by atoms with E-state index < -0.39 is 29.7 Å². The van der Waals surface area contributed by atoms with Crippen LogP contribution in [0.1, 0.15) is 20.1 Å². The molecule has 2 aromatic heterocycles. The summed E-state index contributed by atoms with van der Waals surface area (Å²) in [6.07, 6.45) is 0.837. The molecule has 3 aliphatic heterocycles. The fourth-order valence-electron chi connectivity index (χ4n) is 4.51. The van der Waals surface area contributed by atoms with Gasteiger partial charge in [-0.1, -0.05) is 13.8 Å². The summed E-state index contributed by atoms with van der Waals surface area (Å²) in [5, 5.41) is 0. The highest BCUT2D eigenvalue weighted by Crippen LogP contribution is 2.42. The molecule has 3 aliphatic rings. The summed E-state index contributed by atoms with van der Waals surface area (Å²) in [5.41, 5.74) is -0.313. The van der Waals surface area contributed by atoms with Crippen LogP contribution in [0.25, 0.3) is 11.2 Å². The molecule has 0 bridgehead atoms. The number of rotatable bonds is 4. The molecule has 3 saturated heterocycles. The van der Waals surface area contributed by atoms with Gasteiger partial charge < -0.3 is 23.4 Å². The smallest absolute Gasteiger partial charge is 0.408 e. The maximum atomic E-state index is 12.5. The molecule has 30 heavy (non-hydrogen) atoms. The van der Waals surface area contributed by atoms with Gasteiger partial charge in [-0.2, -0.15) is 0 Å². The Bertz CT molecular complexity index is 1080. The lowest BCUT2D eigenvalue weighted by Crippen LogP contribution is -2.39. The van der Waals surface area contributed by atoms with Crippen molar-refractivity contribution in [2.24, 2.45) is 14.1 Å². The lowest BCUT2D eigenvalue weighted by molar-refractivity contribution is -0.0775. The minimum absolute atomic E-state index is 0.195. The minimum Gasteiger partial charge on any atom is -0.408 e. The molecule has 5 unspecified atom stereocenters. The Morgan fingerprint density at radius 3 is 2.47 bits per heavy atom. The number of aromatic nitrogens is 4. The van der Waals surface area contributed by atoms with E-state index in [-0.39, 0.29) is 32.0 Å². The highest BCUT2D eigenvalue weighted by molar-refractivity contribution is 6.45. The van der Waals surface area contributed by atoms with E-state index in [1.165, 1.54) is 17.9 Å². The van der Waals surface area contributed by atoms with Crippen molar-refractivity contribution in [3.8, 4) is 0 Å². The molecule has 2 aromatic rings. The Hall–Kier alpha value is -1.92. The van der Waals surface area contributed by atoms with Gasteiger partial charge in [-0.15, -0.1) is 0 Å². The molecular formula is C17H24B2N4O7. The molecule has 5 heterocycles. The Morgan fingerprint density at radius 2 is 1.77 bits per heavy atom. The summed E-state index contributed by atoms with van der Waals surface area (Å²) in [5.74, 6) is 0. The minimum atomic E-state index is -0.622. The molecule has 0 aromatic carbocycles. The van der Waals surface area contributed by atoms with Gasteiger partial charge in [-0.3, -0.25) is 18.5 Å². The Balaban J connectivity index is 1.56. The summed E-state index contributed by atoms with van der Waals surface area (Å²) in [7, 11) is 2.41. The molecule has 0 amide bonds. The van der Waals surface area contributed by atoms with Crippen molar-refractivity contribution in [1.82, 2.24) is 18.7 Å². The van der Waals surface area contributed by atoms with Crippen molar-refractivity contribution in [1.29, 1.82) is 0 Å². The van der Waals surface area contributed by atoms with Crippen LogP contribution < -0.4 is 11.2 Å². The predicted octanol–water partition coefficient (Wildman–Crippen LogP) is -0.453. The maximum absolute atomic E-state index is 12.5. The SMILES string of the molecule is CCB1OCC(C2OC(n3cnc4c(=O)n(C)c(=O)n(C)c43)C3OB(CC)OC23)O1. The molecule has 0 aliphatic carbocycles. The molecular weight excluding hydrogens is 394 g/mol. The Labute approximate surface area is 173 Å². The van der Waals surface area contributed by atoms with Gasteiger partial charge in [0.2, 0.25) is 0 Å². The largest absolute Gasteiger partial charge is 0.457 e. The summed E-state index contributed by atoms with van der Waals surface area (Å²) in [6, 6.07) is 0. The van der Waals surface area contributed by atoms with E-state index in [4.69, 9.17) is 23.4 Å². The van der Waals surface area contributed by atoms with Crippen molar-refractivity contribution in [2.75, 3.05) is 6.61 Å².